The molecule has 1 aromatic carbocycles. The maximum absolute atomic E-state index is 15.2. The van der Waals surface area contributed by atoms with Crippen LogP contribution in [0.25, 0.3) is 16.8 Å². The van der Waals surface area contributed by atoms with Crippen molar-refractivity contribution in [1.29, 1.82) is 0 Å². The summed E-state index contributed by atoms with van der Waals surface area (Å²) in [6, 6.07) is 9.79. The van der Waals surface area contributed by atoms with Crippen LogP contribution < -0.4 is 10.1 Å². The third-order valence-corrected chi connectivity index (χ3v) is 4.94. The van der Waals surface area contributed by atoms with Crippen LogP contribution >= 0.6 is 0 Å². The van der Waals surface area contributed by atoms with E-state index in [0.29, 0.717) is 22.5 Å². The fourth-order valence-electron chi connectivity index (χ4n) is 3.43. The summed E-state index contributed by atoms with van der Waals surface area (Å²) < 4.78 is 23.6. The van der Waals surface area contributed by atoms with Gasteiger partial charge in [0, 0.05) is 42.8 Å². The molecule has 0 aliphatic rings. The highest BCUT2D eigenvalue weighted by Gasteiger charge is 2.23. The van der Waals surface area contributed by atoms with Crippen LogP contribution in [0.3, 0.4) is 0 Å². The van der Waals surface area contributed by atoms with E-state index in [2.05, 4.69) is 10.4 Å². The lowest BCUT2D eigenvalue weighted by atomic mass is 10.1. The van der Waals surface area contributed by atoms with Crippen LogP contribution in [0, 0.1) is 5.82 Å². The molecule has 30 heavy (non-hydrogen) atoms. The molecule has 0 aliphatic heterocycles. The van der Waals surface area contributed by atoms with Crippen molar-refractivity contribution in [2.45, 2.75) is 6.92 Å². The Kier molecular flexibility index (Phi) is 4.83. The highest BCUT2D eigenvalue weighted by molar-refractivity contribution is 6.16. The number of methoxy groups -OCH3 is 1. The average Bonchev–Trinajstić information content (AvgIpc) is 3.32. The smallest absolute Gasteiger partial charge is 0.258 e. The normalized spacial score (nSPS) is 10.9. The van der Waals surface area contributed by atoms with E-state index >= 15 is 4.39 Å². The van der Waals surface area contributed by atoms with Crippen LogP contribution in [0.15, 0.2) is 55.0 Å². The Hall–Kier alpha value is -3.94. The summed E-state index contributed by atoms with van der Waals surface area (Å²) in [5, 5.41) is 6.67. The van der Waals surface area contributed by atoms with Crippen LogP contribution in [0.5, 0.6) is 5.75 Å². The van der Waals surface area contributed by atoms with Crippen molar-refractivity contribution < 1.29 is 18.7 Å². The Labute approximate surface area is 171 Å². The van der Waals surface area contributed by atoms with E-state index in [1.54, 1.807) is 65.1 Å². The van der Waals surface area contributed by atoms with Crippen molar-refractivity contribution in [2.24, 2.45) is 7.05 Å². The van der Waals surface area contributed by atoms with Gasteiger partial charge >= 0.3 is 0 Å². The number of rotatable bonds is 5. The molecule has 3 aromatic heterocycles. The number of pyridine rings is 1. The number of carbonyl (C=O) groups is 2. The van der Waals surface area contributed by atoms with Gasteiger partial charge < -0.3 is 14.5 Å². The average molecular weight is 406 g/mol. The Bertz CT molecular complexity index is 1290. The Morgan fingerprint density at radius 1 is 1.20 bits per heavy atom. The number of carbonyl (C=O) groups excluding carboxylic acids is 2. The number of halogens is 1. The van der Waals surface area contributed by atoms with Gasteiger partial charge in [-0.25, -0.2) is 4.39 Å². The van der Waals surface area contributed by atoms with Crippen LogP contribution in [0.1, 0.15) is 27.6 Å². The Morgan fingerprint density at radius 3 is 2.67 bits per heavy atom. The number of ketones is 1. The molecule has 0 bridgehead atoms. The number of nitrogens with one attached hydrogen (secondary N) is 1. The molecule has 1 amide bonds. The number of hydrogen-bond donors (Lipinski definition) is 1. The first-order valence-corrected chi connectivity index (χ1v) is 9.18. The van der Waals surface area contributed by atoms with Crippen LogP contribution in [0.2, 0.25) is 0 Å². The lowest BCUT2D eigenvalue weighted by Gasteiger charge is -2.11. The lowest BCUT2D eigenvalue weighted by Crippen LogP contribution is -2.16. The van der Waals surface area contributed by atoms with E-state index in [1.807, 2.05) is 0 Å². The minimum Gasteiger partial charge on any atom is -0.497 e. The summed E-state index contributed by atoms with van der Waals surface area (Å²) in [4.78, 5) is 25.3. The molecule has 0 saturated carbocycles. The van der Waals surface area contributed by atoms with E-state index in [9.17, 15) is 9.59 Å². The second-order valence-corrected chi connectivity index (χ2v) is 6.79. The Morgan fingerprint density at radius 2 is 2.00 bits per heavy atom. The number of amides is 1. The van der Waals surface area contributed by atoms with E-state index < -0.39 is 11.7 Å². The van der Waals surface area contributed by atoms with Crippen LogP contribution in [0.4, 0.5) is 10.1 Å². The van der Waals surface area contributed by atoms with Crippen molar-refractivity contribution in [3.8, 4) is 17.0 Å². The zero-order valence-electron chi connectivity index (χ0n) is 16.6. The second kappa shape index (κ2) is 7.47. The van der Waals surface area contributed by atoms with Crippen molar-refractivity contribution in [3.05, 3.63) is 71.9 Å². The third kappa shape index (κ3) is 3.22. The van der Waals surface area contributed by atoms with Gasteiger partial charge in [-0.05, 0) is 31.2 Å². The predicted molar refractivity (Wildman–Crippen MR) is 111 cm³/mol. The number of nitrogens with zero attached hydrogens (tertiary/aromatic N) is 3. The highest BCUT2D eigenvalue weighted by Crippen LogP contribution is 2.29. The molecule has 0 atom stereocenters. The molecule has 4 aromatic rings. The van der Waals surface area contributed by atoms with Crippen LogP contribution in [-0.4, -0.2) is 33.0 Å². The lowest BCUT2D eigenvalue weighted by molar-refractivity contribution is 0.0987. The van der Waals surface area contributed by atoms with Gasteiger partial charge in [0.15, 0.2) is 11.6 Å². The molecule has 7 nitrogen and oxygen atoms in total. The highest BCUT2D eigenvalue weighted by atomic mass is 19.1. The van der Waals surface area contributed by atoms with Gasteiger partial charge in [0.05, 0.1) is 29.6 Å². The van der Waals surface area contributed by atoms with Gasteiger partial charge in [0.1, 0.15) is 5.75 Å². The molecule has 152 valence electrons. The van der Waals surface area contributed by atoms with Gasteiger partial charge in [-0.3, -0.25) is 14.3 Å². The molecule has 8 heteroatoms. The SMILES string of the molecule is COc1ccn2cc(C(C)=O)c(C(=O)Nc3cccc(-c4ccnn4C)c3F)c2c1. The van der Waals surface area contributed by atoms with Crippen molar-refractivity contribution in [2.75, 3.05) is 12.4 Å². The zero-order valence-corrected chi connectivity index (χ0v) is 16.6. The number of aryl methyl sites for hydroxylation is 1. The van der Waals surface area contributed by atoms with E-state index in [0.717, 1.165) is 0 Å². The van der Waals surface area contributed by atoms with Gasteiger partial charge in [-0.15, -0.1) is 0 Å². The van der Waals surface area contributed by atoms with Crippen molar-refractivity contribution in [3.63, 3.8) is 0 Å². The summed E-state index contributed by atoms with van der Waals surface area (Å²) in [5.41, 5.74) is 1.78. The minimum absolute atomic E-state index is 0.00967. The van der Waals surface area contributed by atoms with Gasteiger partial charge in [-0.1, -0.05) is 6.07 Å². The maximum atomic E-state index is 15.2. The molecule has 0 fully saturated rings. The van der Waals surface area contributed by atoms with Gasteiger partial charge in [0.2, 0.25) is 0 Å². The number of aromatic nitrogens is 3. The topological polar surface area (TPSA) is 77.6 Å². The molecule has 0 saturated heterocycles. The first-order chi connectivity index (χ1) is 14.4. The van der Waals surface area contributed by atoms with Gasteiger partial charge in [-0.2, -0.15) is 5.10 Å². The third-order valence-electron chi connectivity index (χ3n) is 4.94. The number of anilines is 1. The fraction of sp³-hybridized carbons (Fsp3) is 0.136. The standard InChI is InChI=1S/C22H19FN4O3/c1-13(28)16-12-27-10-8-14(30-3)11-19(27)20(16)22(29)25-17-6-4-5-15(21(17)23)18-7-9-24-26(18)2/h4-12H,1-3H3,(H,25,29). The molecular formula is C22H19FN4O3. The van der Waals surface area contributed by atoms with E-state index in [4.69, 9.17) is 4.74 Å². The Balaban J connectivity index is 1.78. The van der Waals surface area contributed by atoms with Gasteiger partial charge in [0.25, 0.3) is 5.91 Å². The summed E-state index contributed by atoms with van der Waals surface area (Å²) in [7, 11) is 3.22. The molecule has 0 spiro atoms. The van der Waals surface area contributed by atoms with E-state index in [1.165, 1.54) is 20.1 Å². The fourth-order valence-corrected chi connectivity index (χ4v) is 3.43. The first-order valence-electron chi connectivity index (χ1n) is 9.18. The number of Topliss-reactive ketones (excluding diaryl/α,β-unsaturated/α-hetero) is 1. The molecule has 4 rings (SSSR count). The summed E-state index contributed by atoms with van der Waals surface area (Å²) in [5.74, 6) is -0.905. The first kappa shape index (κ1) is 19.4. The quantitative estimate of drug-likeness (QED) is 0.509. The molecule has 0 unspecified atom stereocenters. The largest absolute Gasteiger partial charge is 0.497 e. The van der Waals surface area contributed by atoms with E-state index in [-0.39, 0.29) is 22.6 Å². The number of fused-ring (bicyclic) bond motifs is 1. The molecule has 1 N–H and O–H groups in total. The number of ether oxygens (including phenoxy) is 1. The van der Waals surface area contributed by atoms with Crippen LogP contribution in [-0.2, 0) is 7.05 Å². The second-order valence-electron chi connectivity index (χ2n) is 6.79. The molecule has 0 radical (unpaired) electrons. The van der Waals surface area contributed by atoms with Crippen molar-refractivity contribution in [1.82, 2.24) is 14.2 Å². The number of hydrogen-bond acceptors (Lipinski definition) is 4. The number of benzene rings is 1. The summed E-state index contributed by atoms with van der Waals surface area (Å²) in [6.07, 6.45) is 4.84. The summed E-state index contributed by atoms with van der Waals surface area (Å²) in [6.45, 7) is 1.38. The zero-order chi connectivity index (χ0) is 21.4. The molecule has 0 aliphatic carbocycles. The monoisotopic (exact) mass is 406 g/mol. The summed E-state index contributed by atoms with van der Waals surface area (Å²) >= 11 is 0. The maximum Gasteiger partial charge on any atom is 0.258 e. The predicted octanol–water partition coefficient (Wildman–Crippen LogP) is 3.94. The minimum atomic E-state index is -0.586. The molecular weight excluding hydrogens is 387 g/mol. The molecule has 3 heterocycles. The van der Waals surface area contributed by atoms with Crippen molar-refractivity contribution >= 4 is 22.9 Å².